The number of rotatable bonds is 6. The molecule has 0 amide bonds. The van der Waals surface area contributed by atoms with Gasteiger partial charge in [-0.2, -0.15) is 4.31 Å². The number of sulfonamides is 1. The molecule has 0 unspecified atom stereocenters. The smallest absolute Gasteiger partial charge is 0.341 e. The molecule has 2 aliphatic heterocycles. The Kier molecular flexibility index (Phi) is 6.54. The van der Waals surface area contributed by atoms with Gasteiger partial charge in [0.1, 0.15) is 16.6 Å². The molecule has 0 saturated carbocycles. The summed E-state index contributed by atoms with van der Waals surface area (Å²) >= 11 is 0. The van der Waals surface area contributed by atoms with E-state index in [-0.39, 0.29) is 22.4 Å². The summed E-state index contributed by atoms with van der Waals surface area (Å²) in [5.41, 5.74) is -0.216. The molecule has 2 saturated heterocycles. The molecule has 0 radical (unpaired) electrons. The maximum atomic E-state index is 12.9. The number of carbonyl (C=O) groups is 1. The van der Waals surface area contributed by atoms with Crippen LogP contribution in [-0.4, -0.2) is 97.5 Å². The van der Waals surface area contributed by atoms with Gasteiger partial charge in [0.15, 0.2) is 0 Å². The summed E-state index contributed by atoms with van der Waals surface area (Å²) in [6.07, 6.45) is 2.64. The molecule has 0 bridgehead atoms. The van der Waals surface area contributed by atoms with E-state index in [0.717, 1.165) is 32.5 Å². The van der Waals surface area contributed by atoms with Crippen molar-refractivity contribution in [2.75, 3.05) is 52.9 Å². The number of hydrogen-bond acceptors (Lipinski definition) is 7. The van der Waals surface area contributed by atoms with Crippen molar-refractivity contribution in [2.24, 2.45) is 0 Å². The first kappa shape index (κ1) is 21.0. The Labute approximate surface area is 165 Å². The lowest BCUT2D eigenvalue weighted by Crippen LogP contribution is -2.48. The molecule has 10 heteroatoms. The van der Waals surface area contributed by atoms with E-state index in [1.807, 2.05) is 14.0 Å². The lowest BCUT2D eigenvalue weighted by molar-refractivity contribution is 0.0676. The second kappa shape index (κ2) is 8.73. The van der Waals surface area contributed by atoms with Gasteiger partial charge in [-0.25, -0.2) is 18.2 Å². The van der Waals surface area contributed by atoms with E-state index in [9.17, 15) is 18.3 Å². The Morgan fingerprint density at radius 1 is 1.21 bits per heavy atom. The Morgan fingerprint density at radius 3 is 2.43 bits per heavy atom. The van der Waals surface area contributed by atoms with Crippen LogP contribution in [0.25, 0.3) is 0 Å². The molecule has 3 rings (SSSR count). The van der Waals surface area contributed by atoms with Gasteiger partial charge in [-0.1, -0.05) is 6.92 Å². The van der Waals surface area contributed by atoms with Crippen LogP contribution in [0.15, 0.2) is 17.2 Å². The lowest BCUT2D eigenvalue weighted by atomic mass is 10.1. The highest BCUT2D eigenvalue weighted by molar-refractivity contribution is 7.89. The van der Waals surface area contributed by atoms with Gasteiger partial charge >= 0.3 is 5.97 Å². The van der Waals surface area contributed by atoms with Crippen LogP contribution in [0.1, 0.15) is 30.1 Å². The number of piperazine rings is 1. The predicted octanol–water partition coefficient (Wildman–Crippen LogP) is 0.579. The number of carboxylic acids is 1. The van der Waals surface area contributed by atoms with Gasteiger partial charge in [0.25, 0.3) is 0 Å². The first-order valence-corrected chi connectivity index (χ1v) is 11.1. The SMILES string of the molecule is CCN1CCN(S(=O)(=O)c2cnc(OC3CCN(C)CC3)c(C(=O)O)c2)CC1. The second-order valence-corrected chi connectivity index (χ2v) is 9.23. The number of likely N-dealkylation sites (N-methyl/N-ethyl adjacent to an activating group) is 1. The third kappa shape index (κ3) is 4.62. The fourth-order valence-electron chi connectivity index (χ4n) is 3.52. The molecule has 156 valence electrons. The third-order valence-electron chi connectivity index (χ3n) is 5.42. The molecule has 1 aromatic heterocycles. The fourth-order valence-corrected chi connectivity index (χ4v) is 4.91. The monoisotopic (exact) mass is 412 g/mol. The summed E-state index contributed by atoms with van der Waals surface area (Å²) in [7, 11) is -1.76. The van der Waals surface area contributed by atoms with E-state index in [2.05, 4.69) is 14.8 Å². The van der Waals surface area contributed by atoms with Crippen LogP contribution in [0.5, 0.6) is 5.88 Å². The van der Waals surface area contributed by atoms with E-state index in [4.69, 9.17) is 4.74 Å². The Balaban J connectivity index is 1.79. The number of nitrogens with zero attached hydrogens (tertiary/aromatic N) is 4. The number of aromatic nitrogens is 1. The minimum absolute atomic E-state index is 0.0168. The normalized spacial score (nSPS) is 20.9. The molecule has 0 spiro atoms. The van der Waals surface area contributed by atoms with Gasteiger partial charge in [-0.05, 0) is 32.5 Å². The molecule has 0 atom stereocenters. The zero-order chi connectivity index (χ0) is 20.3. The summed E-state index contributed by atoms with van der Waals surface area (Å²) < 4.78 is 33.0. The minimum Gasteiger partial charge on any atom is -0.477 e. The molecule has 28 heavy (non-hydrogen) atoms. The van der Waals surface area contributed by atoms with Crippen molar-refractivity contribution < 1.29 is 23.1 Å². The molecule has 1 aromatic rings. The van der Waals surface area contributed by atoms with Crippen LogP contribution in [0.2, 0.25) is 0 Å². The first-order chi connectivity index (χ1) is 13.3. The highest BCUT2D eigenvalue weighted by Gasteiger charge is 2.30. The van der Waals surface area contributed by atoms with Crippen molar-refractivity contribution in [3.63, 3.8) is 0 Å². The summed E-state index contributed by atoms with van der Waals surface area (Å²) in [4.78, 5) is 20.0. The Hall–Kier alpha value is -1.75. The van der Waals surface area contributed by atoms with Crippen molar-refractivity contribution in [1.29, 1.82) is 0 Å². The van der Waals surface area contributed by atoms with Crippen LogP contribution >= 0.6 is 0 Å². The topological polar surface area (TPSA) is 103 Å². The average Bonchev–Trinajstić information content (AvgIpc) is 2.69. The minimum atomic E-state index is -3.79. The van der Waals surface area contributed by atoms with Crippen molar-refractivity contribution in [3.05, 3.63) is 17.8 Å². The van der Waals surface area contributed by atoms with E-state index >= 15 is 0 Å². The van der Waals surface area contributed by atoms with Gasteiger partial charge in [0.05, 0.1) is 6.20 Å². The summed E-state index contributed by atoms with van der Waals surface area (Å²) in [5, 5.41) is 9.56. The Bertz CT molecular complexity index is 800. The molecular weight excluding hydrogens is 384 g/mol. The van der Waals surface area contributed by atoms with Gasteiger partial charge in [0.2, 0.25) is 15.9 Å². The molecule has 9 nitrogen and oxygen atoms in total. The van der Waals surface area contributed by atoms with Crippen molar-refractivity contribution in [3.8, 4) is 5.88 Å². The van der Waals surface area contributed by atoms with Crippen molar-refractivity contribution >= 4 is 16.0 Å². The Morgan fingerprint density at radius 2 is 1.86 bits per heavy atom. The molecule has 3 heterocycles. The number of carboxylic acid groups (broad SMARTS) is 1. The van der Waals surface area contributed by atoms with E-state index < -0.39 is 16.0 Å². The predicted molar refractivity (Wildman–Crippen MR) is 103 cm³/mol. The molecule has 0 aliphatic carbocycles. The molecule has 2 aliphatic rings. The number of pyridine rings is 1. The van der Waals surface area contributed by atoms with E-state index in [1.165, 1.54) is 16.6 Å². The first-order valence-electron chi connectivity index (χ1n) is 9.62. The zero-order valence-corrected chi connectivity index (χ0v) is 17.2. The van der Waals surface area contributed by atoms with Crippen molar-refractivity contribution in [1.82, 2.24) is 19.1 Å². The van der Waals surface area contributed by atoms with Crippen LogP contribution < -0.4 is 4.74 Å². The molecular formula is C18H28N4O5S. The largest absolute Gasteiger partial charge is 0.477 e. The van der Waals surface area contributed by atoms with Crippen LogP contribution in [-0.2, 0) is 10.0 Å². The quantitative estimate of drug-likeness (QED) is 0.724. The number of aromatic carboxylic acids is 1. The summed E-state index contributed by atoms with van der Waals surface area (Å²) in [6.45, 7) is 6.72. The van der Waals surface area contributed by atoms with Crippen molar-refractivity contribution in [2.45, 2.75) is 30.8 Å². The number of ether oxygens (including phenoxy) is 1. The highest BCUT2D eigenvalue weighted by atomic mass is 32.2. The number of hydrogen-bond donors (Lipinski definition) is 1. The summed E-state index contributed by atoms with van der Waals surface area (Å²) in [6, 6.07) is 1.17. The fraction of sp³-hybridized carbons (Fsp3) is 0.667. The van der Waals surface area contributed by atoms with Gasteiger partial charge < -0.3 is 19.6 Å². The lowest BCUT2D eigenvalue weighted by Gasteiger charge is -2.33. The zero-order valence-electron chi connectivity index (χ0n) is 16.4. The van der Waals surface area contributed by atoms with Gasteiger partial charge in [-0.3, -0.25) is 0 Å². The number of likely N-dealkylation sites (tertiary alicyclic amines) is 1. The maximum Gasteiger partial charge on any atom is 0.341 e. The molecule has 0 aromatic carbocycles. The number of piperidine rings is 1. The average molecular weight is 413 g/mol. The van der Waals surface area contributed by atoms with E-state index in [0.29, 0.717) is 26.2 Å². The second-order valence-electron chi connectivity index (χ2n) is 7.29. The third-order valence-corrected chi connectivity index (χ3v) is 7.28. The molecule has 1 N–H and O–H groups in total. The summed E-state index contributed by atoms with van der Waals surface area (Å²) in [5.74, 6) is -1.26. The van der Waals surface area contributed by atoms with Gasteiger partial charge in [-0.15, -0.1) is 0 Å². The van der Waals surface area contributed by atoms with Crippen LogP contribution in [0, 0.1) is 0 Å². The van der Waals surface area contributed by atoms with Gasteiger partial charge in [0, 0.05) is 39.3 Å². The van der Waals surface area contributed by atoms with Crippen LogP contribution in [0.3, 0.4) is 0 Å². The molecule has 2 fully saturated rings. The van der Waals surface area contributed by atoms with E-state index in [1.54, 1.807) is 0 Å². The highest BCUT2D eigenvalue weighted by Crippen LogP contribution is 2.25. The maximum absolute atomic E-state index is 12.9. The van der Waals surface area contributed by atoms with Crippen LogP contribution in [0.4, 0.5) is 0 Å². The standard InChI is InChI=1S/C18H28N4O5S/c1-3-21-8-10-22(11-9-21)28(25,26)15-12-16(18(23)24)17(19-13-15)27-14-4-6-20(2)7-5-14/h12-14H,3-11H2,1-2H3,(H,23,24).